The Morgan fingerprint density at radius 3 is 2.24 bits per heavy atom. The van der Waals surface area contributed by atoms with E-state index < -0.39 is 0 Å². The van der Waals surface area contributed by atoms with Gasteiger partial charge in [-0.2, -0.15) is 5.10 Å². The fourth-order valence-corrected chi connectivity index (χ4v) is 3.78. The van der Waals surface area contributed by atoms with Crippen LogP contribution >= 0.6 is 0 Å². The minimum absolute atomic E-state index is 0.0108. The summed E-state index contributed by atoms with van der Waals surface area (Å²) in [5.41, 5.74) is 7.29. The fraction of sp³-hybridized carbons (Fsp3) is 0.185. The molecule has 0 unspecified atom stereocenters. The van der Waals surface area contributed by atoms with Gasteiger partial charge in [-0.1, -0.05) is 42.5 Å². The quantitative estimate of drug-likeness (QED) is 0.318. The number of hydrazone groups is 1. The summed E-state index contributed by atoms with van der Waals surface area (Å²) in [6, 6.07) is 24.2. The number of ketones is 1. The number of carbonyl (C=O) groups is 2. The number of aliphatic imine (C=N–C) groups is 1. The molecule has 3 aromatic rings. The van der Waals surface area contributed by atoms with Gasteiger partial charge in [0, 0.05) is 16.8 Å². The van der Waals surface area contributed by atoms with Crippen molar-refractivity contribution < 1.29 is 9.59 Å². The van der Waals surface area contributed by atoms with Crippen molar-refractivity contribution in [2.75, 3.05) is 10.7 Å². The first-order valence-corrected chi connectivity index (χ1v) is 10.8. The van der Waals surface area contributed by atoms with Crippen LogP contribution in [0, 0.1) is 0 Å². The first kappa shape index (κ1) is 22.1. The van der Waals surface area contributed by atoms with Crippen LogP contribution in [0.5, 0.6) is 0 Å². The highest BCUT2D eigenvalue weighted by atomic mass is 16.2. The molecule has 1 heterocycles. The van der Waals surface area contributed by atoms with Crippen LogP contribution in [0.15, 0.2) is 89.0 Å². The first-order valence-electron chi connectivity index (χ1n) is 10.8. The van der Waals surface area contributed by atoms with Crippen molar-refractivity contribution in [2.45, 2.75) is 32.7 Å². The van der Waals surface area contributed by atoms with Crippen LogP contribution in [0.3, 0.4) is 0 Å². The van der Waals surface area contributed by atoms with E-state index in [9.17, 15) is 9.59 Å². The summed E-state index contributed by atoms with van der Waals surface area (Å²) in [5, 5.41) is 7.41. The number of hydrogen-bond acceptors (Lipinski definition) is 5. The van der Waals surface area contributed by atoms with E-state index >= 15 is 0 Å². The van der Waals surface area contributed by atoms with Crippen LogP contribution in [-0.4, -0.2) is 28.7 Å². The maximum Gasteiger partial charge on any atom is 0.278 e. The highest BCUT2D eigenvalue weighted by Crippen LogP contribution is 2.27. The van der Waals surface area contributed by atoms with Crippen molar-refractivity contribution in [3.8, 4) is 0 Å². The van der Waals surface area contributed by atoms with Gasteiger partial charge in [0.25, 0.3) is 5.91 Å². The molecule has 1 aliphatic rings. The Morgan fingerprint density at radius 2 is 1.55 bits per heavy atom. The lowest BCUT2D eigenvalue weighted by Gasteiger charge is -2.29. The van der Waals surface area contributed by atoms with Crippen molar-refractivity contribution in [3.63, 3.8) is 0 Å². The summed E-state index contributed by atoms with van der Waals surface area (Å²) >= 11 is 0. The number of nitrogens with one attached hydrogen (secondary N) is 2. The SMILES string of the molecule is CC(=O)c1ccc(N/N=C(\C(=O)Nc2ccccc2)C2=NC(C)(C)Cc3ccccc32)cc1. The lowest BCUT2D eigenvalue weighted by Crippen LogP contribution is -2.38. The predicted octanol–water partition coefficient (Wildman–Crippen LogP) is 5.12. The van der Waals surface area contributed by atoms with Crippen LogP contribution in [0.4, 0.5) is 11.4 Å². The van der Waals surface area contributed by atoms with Crippen molar-refractivity contribution in [2.24, 2.45) is 10.1 Å². The summed E-state index contributed by atoms with van der Waals surface area (Å²) < 4.78 is 0. The Hall–Kier alpha value is -4.06. The van der Waals surface area contributed by atoms with Gasteiger partial charge < -0.3 is 5.32 Å². The minimum atomic E-state index is -0.374. The van der Waals surface area contributed by atoms with Crippen LogP contribution in [0.25, 0.3) is 0 Å². The van der Waals surface area contributed by atoms with E-state index in [0.29, 0.717) is 22.6 Å². The second kappa shape index (κ2) is 9.20. The van der Waals surface area contributed by atoms with E-state index in [1.807, 2.05) is 62.4 Å². The van der Waals surface area contributed by atoms with Crippen LogP contribution in [0.2, 0.25) is 0 Å². The van der Waals surface area contributed by atoms with Gasteiger partial charge in [-0.05, 0) is 69.2 Å². The van der Waals surface area contributed by atoms with Crippen LogP contribution in [0.1, 0.15) is 42.3 Å². The zero-order valence-corrected chi connectivity index (χ0v) is 18.9. The number of Topliss-reactive ketones (excluding diaryl/α,β-unsaturated/α-hetero) is 1. The average Bonchev–Trinajstić information content (AvgIpc) is 2.79. The summed E-state index contributed by atoms with van der Waals surface area (Å²) in [5.74, 6) is -0.372. The number of hydrogen-bond donors (Lipinski definition) is 2. The number of anilines is 2. The Bertz CT molecular complexity index is 1240. The van der Waals surface area contributed by atoms with Gasteiger partial charge in [0.2, 0.25) is 0 Å². The molecule has 0 fully saturated rings. The zero-order valence-electron chi connectivity index (χ0n) is 18.9. The summed E-state index contributed by atoms with van der Waals surface area (Å²) in [7, 11) is 0. The highest BCUT2D eigenvalue weighted by molar-refractivity contribution is 6.72. The molecule has 0 saturated heterocycles. The van der Waals surface area contributed by atoms with Crippen LogP contribution in [-0.2, 0) is 11.2 Å². The Kier molecular flexibility index (Phi) is 6.18. The monoisotopic (exact) mass is 438 g/mol. The molecule has 0 aliphatic carbocycles. The fourth-order valence-electron chi connectivity index (χ4n) is 3.78. The zero-order chi connectivity index (χ0) is 23.4. The molecular weight excluding hydrogens is 412 g/mol. The topological polar surface area (TPSA) is 82.9 Å². The third-order valence-corrected chi connectivity index (χ3v) is 5.37. The molecule has 1 aliphatic heterocycles. The van der Waals surface area contributed by atoms with Gasteiger partial charge in [0.15, 0.2) is 11.5 Å². The second-order valence-corrected chi connectivity index (χ2v) is 8.63. The van der Waals surface area contributed by atoms with Gasteiger partial charge in [0.1, 0.15) is 0 Å². The van der Waals surface area contributed by atoms with Gasteiger partial charge >= 0.3 is 0 Å². The number of nitrogens with zero attached hydrogens (tertiary/aromatic N) is 2. The first-order chi connectivity index (χ1) is 15.8. The molecule has 33 heavy (non-hydrogen) atoms. The molecule has 0 bridgehead atoms. The predicted molar refractivity (Wildman–Crippen MR) is 133 cm³/mol. The maximum absolute atomic E-state index is 13.4. The molecule has 6 nitrogen and oxygen atoms in total. The largest absolute Gasteiger partial charge is 0.321 e. The summed E-state index contributed by atoms with van der Waals surface area (Å²) in [6.45, 7) is 5.61. The van der Waals surface area contributed by atoms with Crippen LogP contribution < -0.4 is 10.7 Å². The van der Waals surface area contributed by atoms with E-state index in [1.165, 1.54) is 6.92 Å². The molecule has 3 aromatic carbocycles. The Morgan fingerprint density at radius 1 is 0.879 bits per heavy atom. The molecular formula is C27H26N4O2. The Balaban J connectivity index is 1.74. The Labute approximate surface area is 193 Å². The van der Waals surface area contributed by atoms with E-state index in [4.69, 9.17) is 4.99 Å². The molecule has 4 rings (SSSR count). The van der Waals surface area contributed by atoms with Gasteiger partial charge in [-0.3, -0.25) is 20.0 Å². The minimum Gasteiger partial charge on any atom is -0.321 e. The molecule has 166 valence electrons. The summed E-state index contributed by atoms with van der Waals surface area (Å²) in [6.07, 6.45) is 0.778. The average molecular weight is 439 g/mol. The third kappa shape index (κ3) is 5.23. The van der Waals surface area contributed by atoms with E-state index in [1.54, 1.807) is 24.3 Å². The number of benzene rings is 3. The number of carbonyl (C=O) groups excluding carboxylic acids is 2. The van der Waals surface area contributed by atoms with Crippen molar-refractivity contribution >= 4 is 34.5 Å². The van der Waals surface area contributed by atoms with E-state index in [2.05, 4.69) is 21.9 Å². The van der Waals surface area contributed by atoms with Gasteiger partial charge in [0.05, 0.1) is 16.9 Å². The van der Waals surface area contributed by atoms with E-state index in [-0.39, 0.29) is 22.9 Å². The number of rotatable bonds is 6. The summed E-state index contributed by atoms with van der Waals surface area (Å²) in [4.78, 5) is 29.9. The van der Waals surface area contributed by atoms with Crippen molar-refractivity contribution in [1.82, 2.24) is 0 Å². The normalized spacial score (nSPS) is 14.6. The van der Waals surface area contributed by atoms with Crippen molar-refractivity contribution in [3.05, 3.63) is 95.6 Å². The molecule has 0 atom stereocenters. The standard InChI is InChI=1S/C27H26N4O2/c1-18(32)19-13-15-22(16-14-19)30-31-25(26(33)28-21-10-5-4-6-11-21)24-23-12-8-7-9-20(23)17-27(2,3)29-24/h4-16,30H,17H2,1-3H3,(H,28,33)/b31-25-. The third-order valence-electron chi connectivity index (χ3n) is 5.37. The molecule has 0 radical (unpaired) electrons. The molecule has 0 aromatic heterocycles. The molecule has 6 heteroatoms. The second-order valence-electron chi connectivity index (χ2n) is 8.63. The smallest absolute Gasteiger partial charge is 0.278 e. The van der Waals surface area contributed by atoms with Gasteiger partial charge in [-0.25, -0.2) is 0 Å². The van der Waals surface area contributed by atoms with Crippen molar-refractivity contribution in [1.29, 1.82) is 0 Å². The number of para-hydroxylation sites is 1. The molecule has 0 saturated carbocycles. The highest BCUT2D eigenvalue weighted by Gasteiger charge is 2.31. The van der Waals surface area contributed by atoms with Gasteiger partial charge in [-0.15, -0.1) is 0 Å². The number of fused-ring (bicyclic) bond motifs is 1. The molecule has 1 amide bonds. The molecule has 0 spiro atoms. The lowest BCUT2D eigenvalue weighted by molar-refractivity contribution is -0.110. The molecule has 2 N–H and O–H groups in total. The van der Waals surface area contributed by atoms with E-state index in [0.717, 1.165) is 17.5 Å². The number of amides is 1. The lowest BCUT2D eigenvalue weighted by atomic mass is 9.85. The maximum atomic E-state index is 13.4.